The van der Waals surface area contributed by atoms with Crippen LogP contribution < -0.4 is 0 Å². The zero-order valence-corrected chi connectivity index (χ0v) is 12.6. The molecule has 1 saturated heterocycles. The molecule has 3 nitrogen and oxygen atoms in total. The van der Waals surface area contributed by atoms with Gasteiger partial charge in [0.1, 0.15) is 0 Å². The highest BCUT2D eigenvalue weighted by molar-refractivity contribution is 6.31. The van der Waals surface area contributed by atoms with E-state index < -0.39 is 5.82 Å². The number of amides is 1. The molecule has 0 spiro atoms. The topological polar surface area (TPSA) is 23.6 Å². The zero-order chi connectivity index (χ0) is 14.5. The van der Waals surface area contributed by atoms with Crippen molar-refractivity contribution in [2.75, 3.05) is 38.6 Å². The molecule has 0 saturated carbocycles. The second-order valence-corrected chi connectivity index (χ2v) is 5.56. The highest BCUT2D eigenvalue weighted by atomic mass is 35.5. The number of hydrogen-bond acceptors (Lipinski definition) is 2. The van der Waals surface area contributed by atoms with E-state index in [0.29, 0.717) is 19.0 Å². The van der Waals surface area contributed by atoms with Crippen molar-refractivity contribution >= 4 is 29.1 Å². The molecule has 0 aromatic heterocycles. The Bertz CT molecular complexity index is 484. The number of hydrogen-bond donors (Lipinski definition) is 0. The first kappa shape index (κ1) is 15.5. The van der Waals surface area contributed by atoms with Crippen LogP contribution in [0.4, 0.5) is 4.39 Å². The Labute approximate surface area is 128 Å². The van der Waals surface area contributed by atoms with Gasteiger partial charge in [0.25, 0.3) is 5.91 Å². The molecule has 1 amide bonds. The molecule has 110 valence electrons. The zero-order valence-electron chi connectivity index (χ0n) is 11.1. The van der Waals surface area contributed by atoms with Crippen molar-refractivity contribution in [2.45, 2.75) is 6.42 Å². The first-order chi connectivity index (χ1) is 9.63. The van der Waals surface area contributed by atoms with Crippen molar-refractivity contribution in [3.05, 3.63) is 34.6 Å². The van der Waals surface area contributed by atoms with E-state index in [2.05, 4.69) is 4.90 Å². The molecule has 20 heavy (non-hydrogen) atoms. The third-order valence-corrected chi connectivity index (χ3v) is 3.92. The van der Waals surface area contributed by atoms with Crippen molar-refractivity contribution in [1.29, 1.82) is 0 Å². The van der Waals surface area contributed by atoms with Gasteiger partial charge in [-0.05, 0) is 25.1 Å². The average molecular weight is 319 g/mol. The number of benzene rings is 1. The van der Waals surface area contributed by atoms with Gasteiger partial charge >= 0.3 is 0 Å². The minimum absolute atomic E-state index is 0.0190. The average Bonchev–Trinajstić information content (AvgIpc) is 2.67. The van der Waals surface area contributed by atoms with Gasteiger partial charge in [-0.2, -0.15) is 0 Å². The van der Waals surface area contributed by atoms with Crippen LogP contribution >= 0.6 is 23.2 Å². The summed E-state index contributed by atoms with van der Waals surface area (Å²) in [7, 11) is 0. The maximum absolute atomic E-state index is 13.9. The summed E-state index contributed by atoms with van der Waals surface area (Å²) in [5.74, 6) is -0.351. The Hall–Kier alpha value is -0.840. The van der Waals surface area contributed by atoms with Crippen LogP contribution in [0.1, 0.15) is 16.8 Å². The lowest BCUT2D eigenvalue weighted by molar-refractivity contribution is 0.0757. The van der Waals surface area contributed by atoms with E-state index in [0.717, 1.165) is 26.1 Å². The Kier molecular flexibility index (Phi) is 5.64. The highest BCUT2D eigenvalue weighted by Crippen LogP contribution is 2.20. The van der Waals surface area contributed by atoms with Crippen molar-refractivity contribution in [1.82, 2.24) is 9.80 Å². The maximum atomic E-state index is 13.9. The van der Waals surface area contributed by atoms with Crippen LogP contribution in [-0.4, -0.2) is 54.3 Å². The molecular weight excluding hydrogens is 302 g/mol. The molecule has 0 aliphatic carbocycles. The lowest BCUT2D eigenvalue weighted by Gasteiger charge is -2.21. The first-order valence-corrected chi connectivity index (χ1v) is 7.56. The largest absolute Gasteiger partial charge is 0.337 e. The fourth-order valence-corrected chi connectivity index (χ4v) is 2.77. The maximum Gasteiger partial charge on any atom is 0.256 e. The van der Waals surface area contributed by atoms with E-state index >= 15 is 0 Å². The minimum atomic E-state index is -0.638. The molecule has 0 radical (unpaired) electrons. The molecule has 1 aliphatic heterocycles. The molecule has 0 N–H and O–H groups in total. The van der Waals surface area contributed by atoms with Crippen LogP contribution in [0.25, 0.3) is 0 Å². The molecule has 1 fully saturated rings. The minimum Gasteiger partial charge on any atom is -0.337 e. The van der Waals surface area contributed by atoms with E-state index in [9.17, 15) is 9.18 Å². The summed E-state index contributed by atoms with van der Waals surface area (Å²) >= 11 is 11.5. The summed E-state index contributed by atoms with van der Waals surface area (Å²) < 4.78 is 13.9. The van der Waals surface area contributed by atoms with E-state index in [1.165, 1.54) is 12.1 Å². The van der Waals surface area contributed by atoms with Crippen molar-refractivity contribution in [3.8, 4) is 0 Å². The summed E-state index contributed by atoms with van der Waals surface area (Å²) in [5.41, 5.74) is 0.0447. The quantitative estimate of drug-likeness (QED) is 0.800. The highest BCUT2D eigenvalue weighted by Gasteiger charge is 2.23. The smallest absolute Gasteiger partial charge is 0.256 e. The molecule has 1 aromatic rings. The van der Waals surface area contributed by atoms with Gasteiger partial charge in [-0.15, -0.1) is 11.6 Å². The van der Waals surface area contributed by atoms with Gasteiger partial charge in [-0.25, -0.2) is 4.39 Å². The molecule has 6 heteroatoms. The molecule has 1 heterocycles. The van der Waals surface area contributed by atoms with Crippen LogP contribution in [0.2, 0.25) is 5.02 Å². The number of rotatable bonds is 3. The summed E-state index contributed by atoms with van der Waals surface area (Å²) in [6, 6.07) is 4.51. The Morgan fingerprint density at radius 2 is 2.05 bits per heavy atom. The normalized spacial score (nSPS) is 17.1. The fourth-order valence-electron chi connectivity index (χ4n) is 2.36. The van der Waals surface area contributed by atoms with Crippen LogP contribution in [0, 0.1) is 5.82 Å². The van der Waals surface area contributed by atoms with Gasteiger partial charge in [-0.3, -0.25) is 4.79 Å². The standard InChI is InChI=1S/C14H17Cl2FN2O/c15-5-8-18-6-2-7-19(10-9-18)14(20)11-3-1-4-12(16)13(11)17/h1,3-4H,2,5-10H2. The van der Waals surface area contributed by atoms with E-state index in [1.807, 2.05) is 0 Å². The van der Waals surface area contributed by atoms with E-state index in [-0.39, 0.29) is 16.5 Å². The monoisotopic (exact) mass is 318 g/mol. The Morgan fingerprint density at radius 1 is 1.25 bits per heavy atom. The van der Waals surface area contributed by atoms with E-state index in [4.69, 9.17) is 23.2 Å². The van der Waals surface area contributed by atoms with Gasteiger partial charge in [0.15, 0.2) is 5.82 Å². The third-order valence-electron chi connectivity index (χ3n) is 3.46. The predicted octanol–water partition coefficient (Wildman–Crippen LogP) is 2.87. The molecule has 0 unspecified atom stereocenters. The number of carbonyl (C=O) groups excluding carboxylic acids is 1. The number of halogens is 3. The summed E-state index contributed by atoms with van der Waals surface area (Å²) in [5, 5.41) is -0.0190. The number of carbonyl (C=O) groups is 1. The summed E-state index contributed by atoms with van der Waals surface area (Å²) in [6.07, 6.45) is 0.866. The molecule has 1 aromatic carbocycles. The SMILES string of the molecule is O=C(c1cccc(Cl)c1F)N1CCCN(CCCl)CC1. The van der Waals surface area contributed by atoms with Crippen molar-refractivity contribution in [2.24, 2.45) is 0 Å². The Morgan fingerprint density at radius 3 is 2.80 bits per heavy atom. The molecular formula is C14H17Cl2FN2O. The summed E-state index contributed by atoms with van der Waals surface area (Å²) in [6.45, 7) is 3.70. The number of nitrogens with zero attached hydrogens (tertiary/aromatic N) is 2. The summed E-state index contributed by atoms with van der Waals surface area (Å²) in [4.78, 5) is 16.3. The molecule has 1 aliphatic rings. The fraction of sp³-hybridized carbons (Fsp3) is 0.500. The first-order valence-electron chi connectivity index (χ1n) is 6.65. The number of alkyl halides is 1. The molecule has 0 atom stereocenters. The van der Waals surface area contributed by atoms with Crippen LogP contribution in [0.5, 0.6) is 0 Å². The van der Waals surface area contributed by atoms with Gasteiger partial charge in [0.05, 0.1) is 10.6 Å². The third kappa shape index (κ3) is 3.62. The van der Waals surface area contributed by atoms with Gasteiger partial charge in [0.2, 0.25) is 0 Å². The molecule has 2 rings (SSSR count). The van der Waals surface area contributed by atoms with Crippen LogP contribution in [0.15, 0.2) is 18.2 Å². The second kappa shape index (κ2) is 7.25. The predicted molar refractivity (Wildman–Crippen MR) is 79.1 cm³/mol. The van der Waals surface area contributed by atoms with Crippen molar-refractivity contribution < 1.29 is 9.18 Å². The second-order valence-electron chi connectivity index (χ2n) is 4.78. The molecule has 0 bridgehead atoms. The van der Waals surface area contributed by atoms with Gasteiger partial charge in [0, 0.05) is 32.1 Å². The lowest BCUT2D eigenvalue weighted by atomic mass is 10.2. The van der Waals surface area contributed by atoms with Crippen molar-refractivity contribution in [3.63, 3.8) is 0 Å². The Balaban J connectivity index is 2.07. The van der Waals surface area contributed by atoms with Gasteiger partial charge < -0.3 is 9.80 Å². The van der Waals surface area contributed by atoms with Gasteiger partial charge in [-0.1, -0.05) is 17.7 Å². The van der Waals surface area contributed by atoms with Crippen LogP contribution in [0.3, 0.4) is 0 Å². The lowest BCUT2D eigenvalue weighted by Crippen LogP contribution is -2.36. The van der Waals surface area contributed by atoms with E-state index in [1.54, 1.807) is 11.0 Å². The van der Waals surface area contributed by atoms with Crippen LogP contribution in [-0.2, 0) is 0 Å².